The minimum atomic E-state index is -0.184. The number of rotatable bonds is 6. The molecule has 1 aromatic carbocycles. The summed E-state index contributed by atoms with van der Waals surface area (Å²) in [6.07, 6.45) is 3.79. The van der Waals surface area contributed by atoms with E-state index in [9.17, 15) is 4.79 Å². The van der Waals surface area contributed by atoms with Crippen molar-refractivity contribution in [3.63, 3.8) is 0 Å². The molecule has 1 fully saturated rings. The first-order valence-electron chi connectivity index (χ1n) is 8.76. The smallest absolute Gasteiger partial charge is 0.273 e. The molecule has 3 rings (SSSR count). The van der Waals surface area contributed by atoms with Crippen molar-refractivity contribution in [1.82, 2.24) is 30.5 Å². The molecule has 7 heteroatoms. The van der Waals surface area contributed by atoms with Crippen molar-refractivity contribution in [2.75, 3.05) is 33.7 Å². The molecule has 0 radical (unpaired) electrons. The summed E-state index contributed by atoms with van der Waals surface area (Å²) in [4.78, 5) is 14.7. The summed E-state index contributed by atoms with van der Waals surface area (Å²) < 4.78 is 1.83. The molecule has 1 aliphatic rings. The molecule has 0 aliphatic carbocycles. The molecule has 1 aromatic heterocycles. The van der Waals surface area contributed by atoms with E-state index >= 15 is 0 Å². The summed E-state index contributed by atoms with van der Waals surface area (Å²) in [7, 11) is 3.99. The van der Waals surface area contributed by atoms with E-state index in [-0.39, 0.29) is 11.9 Å². The molecular formula is C18H26N6O. The van der Waals surface area contributed by atoms with Crippen LogP contribution in [0.5, 0.6) is 0 Å². The number of piperidine rings is 1. The Kier molecular flexibility index (Phi) is 5.78. The summed E-state index contributed by atoms with van der Waals surface area (Å²) in [5.74, 6) is -0.184. The zero-order valence-electron chi connectivity index (χ0n) is 14.9. The second-order valence-corrected chi connectivity index (χ2v) is 6.76. The van der Waals surface area contributed by atoms with Gasteiger partial charge >= 0.3 is 0 Å². The molecular weight excluding hydrogens is 316 g/mol. The monoisotopic (exact) mass is 342 g/mol. The van der Waals surface area contributed by atoms with Crippen molar-refractivity contribution in [3.05, 3.63) is 47.8 Å². The Morgan fingerprint density at radius 3 is 2.72 bits per heavy atom. The highest BCUT2D eigenvalue weighted by Gasteiger charge is 2.21. The maximum absolute atomic E-state index is 12.6. The van der Waals surface area contributed by atoms with Crippen LogP contribution in [0, 0.1) is 0 Å². The van der Waals surface area contributed by atoms with E-state index in [4.69, 9.17) is 0 Å². The van der Waals surface area contributed by atoms with Gasteiger partial charge in [0.25, 0.3) is 5.91 Å². The average molecular weight is 342 g/mol. The van der Waals surface area contributed by atoms with Crippen LogP contribution in [-0.4, -0.2) is 59.5 Å². The SMILES string of the molecule is CN(C)CC(NC(=O)c1cn(C2CCNCC2)nn1)c1ccccc1. The van der Waals surface area contributed by atoms with Crippen LogP contribution in [0.2, 0.25) is 0 Å². The molecule has 2 N–H and O–H groups in total. The van der Waals surface area contributed by atoms with Crippen molar-refractivity contribution in [2.24, 2.45) is 0 Å². The van der Waals surface area contributed by atoms with E-state index in [1.807, 2.05) is 49.1 Å². The highest BCUT2D eigenvalue weighted by molar-refractivity contribution is 5.92. The lowest BCUT2D eigenvalue weighted by Crippen LogP contribution is -2.35. The number of amides is 1. The molecule has 1 amide bonds. The largest absolute Gasteiger partial charge is 0.342 e. The lowest BCUT2D eigenvalue weighted by molar-refractivity contribution is 0.0924. The molecule has 7 nitrogen and oxygen atoms in total. The second kappa shape index (κ2) is 8.22. The van der Waals surface area contributed by atoms with Crippen LogP contribution in [0.15, 0.2) is 36.5 Å². The van der Waals surface area contributed by atoms with Crippen molar-refractivity contribution < 1.29 is 4.79 Å². The molecule has 1 atom stereocenters. The number of benzene rings is 1. The lowest BCUT2D eigenvalue weighted by atomic mass is 10.1. The fraction of sp³-hybridized carbons (Fsp3) is 0.500. The zero-order valence-corrected chi connectivity index (χ0v) is 14.9. The van der Waals surface area contributed by atoms with Crippen molar-refractivity contribution >= 4 is 5.91 Å². The summed E-state index contributed by atoms with van der Waals surface area (Å²) in [5.41, 5.74) is 1.45. The molecule has 1 unspecified atom stereocenters. The fourth-order valence-corrected chi connectivity index (χ4v) is 3.15. The number of carbonyl (C=O) groups is 1. The number of hydrogen-bond acceptors (Lipinski definition) is 5. The van der Waals surface area contributed by atoms with E-state index in [1.54, 1.807) is 6.20 Å². The maximum Gasteiger partial charge on any atom is 0.273 e. The number of hydrogen-bond donors (Lipinski definition) is 2. The average Bonchev–Trinajstić information content (AvgIpc) is 3.12. The molecule has 0 spiro atoms. The van der Waals surface area contributed by atoms with E-state index in [1.165, 1.54) is 0 Å². The van der Waals surface area contributed by atoms with E-state index in [2.05, 4.69) is 25.8 Å². The summed E-state index contributed by atoms with van der Waals surface area (Å²) >= 11 is 0. The molecule has 0 saturated carbocycles. The first kappa shape index (κ1) is 17.6. The van der Waals surface area contributed by atoms with Gasteiger partial charge in [-0.25, -0.2) is 4.68 Å². The molecule has 0 bridgehead atoms. The molecule has 2 heterocycles. The predicted octanol–water partition coefficient (Wildman–Crippen LogP) is 1.24. The van der Waals surface area contributed by atoms with Crippen LogP contribution in [-0.2, 0) is 0 Å². The van der Waals surface area contributed by atoms with Gasteiger partial charge in [0.1, 0.15) is 0 Å². The van der Waals surface area contributed by atoms with Gasteiger partial charge in [-0.1, -0.05) is 35.5 Å². The van der Waals surface area contributed by atoms with E-state index in [0.717, 1.165) is 38.0 Å². The maximum atomic E-state index is 12.6. The van der Waals surface area contributed by atoms with Crippen LogP contribution in [0.4, 0.5) is 0 Å². The van der Waals surface area contributed by atoms with Gasteiger partial charge in [-0.3, -0.25) is 4.79 Å². The number of nitrogens with zero attached hydrogens (tertiary/aromatic N) is 4. The fourth-order valence-electron chi connectivity index (χ4n) is 3.15. The quantitative estimate of drug-likeness (QED) is 0.826. The number of nitrogens with one attached hydrogen (secondary N) is 2. The molecule has 2 aromatic rings. The summed E-state index contributed by atoms with van der Waals surface area (Å²) in [6, 6.07) is 10.2. The van der Waals surface area contributed by atoms with Crippen LogP contribution < -0.4 is 10.6 Å². The van der Waals surface area contributed by atoms with Crippen LogP contribution in [0.3, 0.4) is 0 Å². The van der Waals surface area contributed by atoms with Gasteiger partial charge in [0.05, 0.1) is 18.3 Å². The van der Waals surface area contributed by atoms with Gasteiger partial charge in [-0.15, -0.1) is 5.10 Å². The van der Waals surface area contributed by atoms with Crippen LogP contribution >= 0.6 is 0 Å². The third kappa shape index (κ3) is 4.64. The number of aromatic nitrogens is 3. The van der Waals surface area contributed by atoms with Gasteiger partial charge in [0.15, 0.2) is 5.69 Å². The number of carbonyl (C=O) groups excluding carboxylic acids is 1. The Morgan fingerprint density at radius 2 is 2.04 bits per heavy atom. The summed E-state index contributed by atoms with van der Waals surface area (Å²) in [6.45, 7) is 2.67. The van der Waals surface area contributed by atoms with Gasteiger partial charge in [-0.2, -0.15) is 0 Å². The molecule has 1 aliphatic heterocycles. The zero-order chi connectivity index (χ0) is 17.6. The van der Waals surface area contributed by atoms with Gasteiger partial charge in [-0.05, 0) is 45.6 Å². The second-order valence-electron chi connectivity index (χ2n) is 6.76. The topological polar surface area (TPSA) is 75.1 Å². The minimum absolute atomic E-state index is 0.0901. The molecule has 25 heavy (non-hydrogen) atoms. The third-order valence-electron chi connectivity index (χ3n) is 4.48. The Morgan fingerprint density at radius 1 is 1.32 bits per heavy atom. The van der Waals surface area contributed by atoms with E-state index in [0.29, 0.717) is 11.7 Å². The predicted molar refractivity (Wildman–Crippen MR) is 96.4 cm³/mol. The van der Waals surface area contributed by atoms with Crippen molar-refractivity contribution in [2.45, 2.75) is 24.9 Å². The lowest BCUT2D eigenvalue weighted by Gasteiger charge is -2.22. The van der Waals surface area contributed by atoms with Crippen molar-refractivity contribution in [3.8, 4) is 0 Å². The minimum Gasteiger partial charge on any atom is -0.342 e. The van der Waals surface area contributed by atoms with Crippen LogP contribution in [0.25, 0.3) is 0 Å². The summed E-state index contributed by atoms with van der Waals surface area (Å²) in [5, 5.41) is 14.7. The third-order valence-corrected chi connectivity index (χ3v) is 4.48. The Labute approximate surface area is 148 Å². The highest BCUT2D eigenvalue weighted by atomic mass is 16.2. The van der Waals surface area contributed by atoms with Gasteiger partial charge in [0.2, 0.25) is 0 Å². The Balaban J connectivity index is 1.69. The van der Waals surface area contributed by atoms with Gasteiger partial charge in [0, 0.05) is 6.54 Å². The standard InChI is InChI=1S/C18H26N6O/c1-23(2)12-16(14-6-4-3-5-7-14)20-18(25)17-13-24(22-21-17)15-8-10-19-11-9-15/h3-7,13,15-16,19H,8-12H2,1-2H3,(H,20,25). The first-order chi connectivity index (χ1) is 12.1. The Hall–Kier alpha value is -2.25. The number of likely N-dealkylation sites (N-methyl/N-ethyl adjacent to an activating group) is 1. The van der Waals surface area contributed by atoms with Crippen LogP contribution in [0.1, 0.15) is 41.0 Å². The Bertz CT molecular complexity index is 678. The first-order valence-corrected chi connectivity index (χ1v) is 8.76. The normalized spacial score (nSPS) is 16.8. The van der Waals surface area contributed by atoms with Gasteiger partial charge < -0.3 is 15.5 Å². The van der Waals surface area contributed by atoms with Crippen molar-refractivity contribution in [1.29, 1.82) is 0 Å². The molecule has 134 valence electrons. The highest BCUT2D eigenvalue weighted by Crippen LogP contribution is 2.18. The molecule has 1 saturated heterocycles. The van der Waals surface area contributed by atoms with E-state index < -0.39 is 0 Å².